The Morgan fingerprint density at radius 2 is 1.89 bits per heavy atom. The Kier molecular flexibility index (Phi) is 5.98. The van der Waals surface area contributed by atoms with Crippen molar-refractivity contribution < 1.29 is 0 Å². The van der Waals surface area contributed by atoms with E-state index in [1.54, 1.807) is 4.57 Å². The first-order valence-corrected chi connectivity index (χ1v) is 10.0. The molecule has 0 fully saturated rings. The largest absolute Gasteiger partial charge is 0.284 e. The molecular weight excluding hydrogens is 354 g/mol. The summed E-state index contributed by atoms with van der Waals surface area (Å²) in [6.45, 7) is 6.11. The maximum Gasteiger partial charge on any atom is 0.262 e. The number of aryl methyl sites for hydroxylation is 1. The van der Waals surface area contributed by atoms with E-state index in [4.69, 9.17) is 4.98 Å². The second-order valence-corrected chi connectivity index (χ2v) is 7.94. The van der Waals surface area contributed by atoms with E-state index in [0.717, 1.165) is 12.0 Å². The molecule has 0 spiro atoms. The first-order valence-electron chi connectivity index (χ1n) is 9.16. The van der Waals surface area contributed by atoms with Gasteiger partial charge in [-0.05, 0) is 44.4 Å². The van der Waals surface area contributed by atoms with Crippen molar-refractivity contribution in [1.29, 1.82) is 5.26 Å². The van der Waals surface area contributed by atoms with Gasteiger partial charge in [-0.25, -0.2) is 4.98 Å². The van der Waals surface area contributed by atoms with Crippen molar-refractivity contribution in [3.05, 3.63) is 70.0 Å². The fraction of sp³-hybridized carbons (Fsp3) is 0.318. The van der Waals surface area contributed by atoms with Crippen LogP contribution in [-0.2, 0) is 6.42 Å². The van der Waals surface area contributed by atoms with Gasteiger partial charge in [-0.1, -0.05) is 60.6 Å². The van der Waals surface area contributed by atoms with Crippen molar-refractivity contribution in [3.8, 4) is 6.07 Å². The molecule has 138 valence electrons. The van der Waals surface area contributed by atoms with E-state index < -0.39 is 0 Å². The van der Waals surface area contributed by atoms with Crippen LogP contribution in [0.2, 0.25) is 0 Å². The molecule has 27 heavy (non-hydrogen) atoms. The van der Waals surface area contributed by atoms with Crippen LogP contribution in [0.3, 0.4) is 0 Å². The number of rotatable bonds is 6. The van der Waals surface area contributed by atoms with Crippen molar-refractivity contribution in [2.45, 2.75) is 50.1 Å². The number of thioether (sulfide) groups is 1. The van der Waals surface area contributed by atoms with Gasteiger partial charge < -0.3 is 0 Å². The van der Waals surface area contributed by atoms with Gasteiger partial charge in [-0.15, -0.1) is 0 Å². The number of nitrogens with zero attached hydrogens (tertiary/aromatic N) is 3. The predicted octanol–water partition coefficient (Wildman–Crippen LogP) is 4.90. The monoisotopic (exact) mass is 377 g/mol. The molecule has 3 rings (SSSR count). The molecule has 0 aliphatic rings. The fourth-order valence-electron chi connectivity index (χ4n) is 2.96. The Hall–Kier alpha value is -2.58. The van der Waals surface area contributed by atoms with Crippen LogP contribution < -0.4 is 5.56 Å². The van der Waals surface area contributed by atoms with Crippen molar-refractivity contribution >= 4 is 22.7 Å². The maximum absolute atomic E-state index is 13.0. The highest BCUT2D eigenvalue weighted by Crippen LogP contribution is 2.27. The molecule has 0 amide bonds. The summed E-state index contributed by atoms with van der Waals surface area (Å²) in [7, 11) is 0. The van der Waals surface area contributed by atoms with Gasteiger partial charge in [-0.3, -0.25) is 9.36 Å². The Labute approximate surface area is 163 Å². The highest BCUT2D eigenvalue weighted by atomic mass is 32.2. The van der Waals surface area contributed by atoms with Crippen LogP contribution in [0.25, 0.3) is 10.9 Å². The normalized spacial score (nSPS) is 13.3. The Balaban J connectivity index is 2.00. The van der Waals surface area contributed by atoms with Crippen LogP contribution >= 0.6 is 11.8 Å². The smallest absolute Gasteiger partial charge is 0.262 e. The molecular formula is C22H23N3OS. The van der Waals surface area contributed by atoms with Crippen molar-refractivity contribution in [2.24, 2.45) is 0 Å². The standard InChI is InChI=1S/C22H23N3OS/c1-4-16(3)25-21(26)19-7-5-6-8-20(19)24-22(25)27-18(14-23)13-17-11-9-15(2)10-12-17/h5-12,16,18H,4,13H2,1-3H3/t16-,18-/m1/s1. The zero-order chi connectivity index (χ0) is 19.4. The number of hydrogen-bond donors (Lipinski definition) is 0. The molecule has 0 bridgehead atoms. The van der Waals surface area contributed by atoms with Crippen LogP contribution in [0, 0.1) is 18.3 Å². The van der Waals surface area contributed by atoms with E-state index in [1.807, 2.05) is 38.1 Å². The van der Waals surface area contributed by atoms with Crippen molar-refractivity contribution in [2.75, 3.05) is 0 Å². The van der Waals surface area contributed by atoms with Crippen LogP contribution in [0.5, 0.6) is 0 Å². The van der Waals surface area contributed by atoms with E-state index in [1.165, 1.54) is 17.3 Å². The third kappa shape index (κ3) is 4.23. The molecule has 2 atom stereocenters. The lowest BCUT2D eigenvalue weighted by Gasteiger charge is -2.19. The van der Waals surface area contributed by atoms with Gasteiger partial charge >= 0.3 is 0 Å². The van der Waals surface area contributed by atoms with Gasteiger partial charge in [-0.2, -0.15) is 5.26 Å². The SMILES string of the molecule is CC[C@@H](C)n1c(S[C@@H](C#N)Cc2ccc(C)cc2)nc2ccccc2c1=O. The minimum absolute atomic E-state index is 0.0239. The molecule has 3 aromatic rings. The van der Waals surface area contributed by atoms with Gasteiger partial charge in [0.05, 0.1) is 17.0 Å². The second-order valence-electron chi connectivity index (χ2n) is 6.77. The molecule has 0 aliphatic heterocycles. The number of benzene rings is 2. The average Bonchev–Trinajstić information content (AvgIpc) is 2.69. The summed E-state index contributed by atoms with van der Waals surface area (Å²) in [5.41, 5.74) is 2.95. The Morgan fingerprint density at radius 3 is 2.56 bits per heavy atom. The van der Waals surface area contributed by atoms with Crippen LogP contribution in [0.15, 0.2) is 58.5 Å². The van der Waals surface area contributed by atoms with Gasteiger partial charge in [0.15, 0.2) is 5.16 Å². The molecule has 0 radical (unpaired) electrons. The summed E-state index contributed by atoms with van der Waals surface area (Å²) in [6.07, 6.45) is 1.44. The first-order chi connectivity index (χ1) is 13.0. The zero-order valence-corrected chi connectivity index (χ0v) is 16.7. The molecule has 0 saturated heterocycles. The lowest BCUT2D eigenvalue weighted by molar-refractivity contribution is 0.468. The van der Waals surface area contributed by atoms with Crippen LogP contribution in [0.1, 0.15) is 37.4 Å². The van der Waals surface area contributed by atoms with Crippen molar-refractivity contribution in [3.63, 3.8) is 0 Å². The third-order valence-corrected chi connectivity index (χ3v) is 5.80. The summed E-state index contributed by atoms with van der Waals surface area (Å²) >= 11 is 1.38. The molecule has 1 heterocycles. The number of hydrogen-bond acceptors (Lipinski definition) is 4. The van der Waals surface area contributed by atoms with E-state index in [0.29, 0.717) is 22.5 Å². The van der Waals surface area contributed by atoms with Gasteiger partial charge in [0.2, 0.25) is 0 Å². The van der Waals surface area contributed by atoms with Crippen LogP contribution in [-0.4, -0.2) is 14.8 Å². The molecule has 0 N–H and O–H groups in total. The Bertz CT molecular complexity index is 1030. The quantitative estimate of drug-likeness (QED) is 0.453. The molecule has 0 saturated carbocycles. The highest BCUT2D eigenvalue weighted by Gasteiger charge is 2.19. The summed E-state index contributed by atoms with van der Waals surface area (Å²) in [6, 6.07) is 18.0. The lowest BCUT2D eigenvalue weighted by atomic mass is 10.1. The predicted molar refractivity (Wildman–Crippen MR) is 111 cm³/mol. The molecule has 1 aromatic heterocycles. The van der Waals surface area contributed by atoms with E-state index in [2.05, 4.69) is 37.3 Å². The number of fused-ring (bicyclic) bond motifs is 1. The van der Waals surface area contributed by atoms with E-state index in [-0.39, 0.29) is 16.9 Å². The minimum Gasteiger partial charge on any atom is -0.284 e. The summed E-state index contributed by atoms with van der Waals surface area (Å²) < 4.78 is 1.74. The topological polar surface area (TPSA) is 58.7 Å². The van der Waals surface area contributed by atoms with E-state index in [9.17, 15) is 10.1 Å². The van der Waals surface area contributed by atoms with Gasteiger partial charge in [0.1, 0.15) is 5.25 Å². The lowest BCUT2D eigenvalue weighted by Crippen LogP contribution is -2.26. The van der Waals surface area contributed by atoms with Gasteiger partial charge in [0.25, 0.3) is 5.56 Å². The molecule has 0 unspecified atom stereocenters. The van der Waals surface area contributed by atoms with Crippen LogP contribution in [0.4, 0.5) is 0 Å². The second kappa shape index (κ2) is 8.41. The first kappa shape index (κ1) is 19.2. The fourth-order valence-corrected chi connectivity index (χ4v) is 4.07. The van der Waals surface area contributed by atoms with Gasteiger partial charge in [0, 0.05) is 6.04 Å². The summed E-state index contributed by atoms with van der Waals surface area (Å²) in [4.78, 5) is 17.8. The Morgan fingerprint density at radius 1 is 1.19 bits per heavy atom. The number of para-hydroxylation sites is 1. The molecule has 4 nitrogen and oxygen atoms in total. The third-order valence-electron chi connectivity index (χ3n) is 4.74. The average molecular weight is 378 g/mol. The highest BCUT2D eigenvalue weighted by molar-refractivity contribution is 8.00. The van der Waals surface area contributed by atoms with Crippen molar-refractivity contribution in [1.82, 2.24) is 9.55 Å². The number of aromatic nitrogens is 2. The van der Waals surface area contributed by atoms with E-state index >= 15 is 0 Å². The molecule has 0 aliphatic carbocycles. The molecule has 5 heteroatoms. The summed E-state index contributed by atoms with van der Waals surface area (Å²) in [5.74, 6) is 0. The molecule has 2 aromatic carbocycles. The zero-order valence-electron chi connectivity index (χ0n) is 15.8. The minimum atomic E-state index is -0.309. The maximum atomic E-state index is 13.0. The number of nitriles is 1. The summed E-state index contributed by atoms with van der Waals surface area (Å²) in [5, 5.41) is 10.6.